The number of carbonyl (C=O) groups excluding carboxylic acids is 1. The van der Waals surface area contributed by atoms with E-state index < -0.39 is 0 Å². The van der Waals surface area contributed by atoms with E-state index in [-0.39, 0.29) is 0 Å². The van der Waals surface area contributed by atoms with E-state index in [0.29, 0.717) is 11.7 Å². The van der Waals surface area contributed by atoms with E-state index in [1.807, 2.05) is 0 Å². The zero-order valence-electron chi connectivity index (χ0n) is 13.1. The van der Waals surface area contributed by atoms with Crippen molar-refractivity contribution in [2.75, 3.05) is 0 Å². The van der Waals surface area contributed by atoms with Gasteiger partial charge in [-0.1, -0.05) is 72.1 Å². The summed E-state index contributed by atoms with van der Waals surface area (Å²) >= 11 is 0. The molecule has 0 radical (unpaired) electrons. The van der Waals surface area contributed by atoms with Crippen molar-refractivity contribution in [1.29, 1.82) is 0 Å². The summed E-state index contributed by atoms with van der Waals surface area (Å²) in [5.41, 5.74) is 0. The highest BCUT2D eigenvalue weighted by Gasteiger charge is 2.10. The number of carbonyl (C=O) groups is 1. The maximum Gasteiger partial charge on any atom is 0.130 e. The molecule has 1 heteroatoms. The minimum Gasteiger partial charge on any atom is -0.300 e. The fraction of sp³-hybridized carbons (Fsp3) is 0.941. The standard InChI is InChI=1S/C17H34O/c1-5-6-7-8-9-10-11-12-15(2)13-16(3)14-17(4)18/h15-16H,5-14H2,1-4H3. The van der Waals surface area contributed by atoms with Gasteiger partial charge in [-0.3, -0.25) is 0 Å². The van der Waals surface area contributed by atoms with Crippen LogP contribution < -0.4 is 0 Å². The van der Waals surface area contributed by atoms with Gasteiger partial charge in [0.2, 0.25) is 0 Å². The summed E-state index contributed by atoms with van der Waals surface area (Å²) in [5, 5.41) is 0. The van der Waals surface area contributed by atoms with Crippen LogP contribution in [0.25, 0.3) is 0 Å². The van der Waals surface area contributed by atoms with Crippen LogP contribution in [0.15, 0.2) is 0 Å². The lowest BCUT2D eigenvalue weighted by Crippen LogP contribution is -2.07. The molecule has 0 aliphatic heterocycles. The van der Waals surface area contributed by atoms with Crippen LogP contribution in [-0.2, 0) is 4.79 Å². The Bertz CT molecular complexity index is 198. The van der Waals surface area contributed by atoms with Gasteiger partial charge < -0.3 is 4.79 Å². The van der Waals surface area contributed by atoms with E-state index in [4.69, 9.17) is 0 Å². The molecule has 0 aliphatic rings. The van der Waals surface area contributed by atoms with Gasteiger partial charge in [0.15, 0.2) is 0 Å². The zero-order chi connectivity index (χ0) is 13.8. The Morgan fingerprint density at radius 3 is 2.00 bits per heavy atom. The van der Waals surface area contributed by atoms with Gasteiger partial charge in [0.1, 0.15) is 5.78 Å². The molecule has 0 saturated heterocycles. The number of rotatable bonds is 12. The van der Waals surface area contributed by atoms with Crippen molar-refractivity contribution in [3.63, 3.8) is 0 Å². The summed E-state index contributed by atoms with van der Waals surface area (Å²) in [6.45, 7) is 8.53. The van der Waals surface area contributed by atoms with E-state index in [1.165, 1.54) is 57.8 Å². The molecule has 0 N–H and O–H groups in total. The zero-order valence-corrected chi connectivity index (χ0v) is 13.1. The molecule has 2 unspecified atom stereocenters. The molecule has 0 bridgehead atoms. The predicted octanol–water partition coefficient (Wildman–Crippen LogP) is 5.77. The summed E-state index contributed by atoms with van der Waals surface area (Å²) in [5.74, 6) is 1.70. The van der Waals surface area contributed by atoms with Gasteiger partial charge in [0.25, 0.3) is 0 Å². The van der Waals surface area contributed by atoms with Crippen LogP contribution in [0.4, 0.5) is 0 Å². The molecule has 0 spiro atoms. The third-order valence-electron chi connectivity index (χ3n) is 3.74. The highest BCUT2D eigenvalue weighted by molar-refractivity contribution is 5.75. The van der Waals surface area contributed by atoms with Crippen molar-refractivity contribution < 1.29 is 4.79 Å². The Hall–Kier alpha value is -0.330. The summed E-state index contributed by atoms with van der Waals surface area (Å²) in [7, 11) is 0. The maximum atomic E-state index is 11.0. The SMILES string of the molecule is CCCCCCCCCC(C)CC(C)CC(C)=O. The van der Waals surface area contributed by atoms with Crippen molar-refractivity contribution >= 4 is 5.78 Å². The summed E-state index contributed by atoms with van der Waals surface area (Å²) in [4.78, 5) is 11.0. The van der Waals surface area contributed by atoms with Crippen LogP contribution in [0.3, 0.4) is 0 Å². The molecule has 2 atom stereocenters. The molecule has 18 heavy (non-hydrogen) atoms. The monoisotopic (exact) mass is 254 g/mol. The van der Waals surface area contributed by atoms with Gasteiger partial charge in [-0.25, -0.2) is 0 Å². The molecule has 0 aromatic rings. The van der Waals surface area contributed by atoms with Gasteiger partial charge in [0.05, 0.1) is 0 Å². The fourth-order valence-corrected chi connectivity index (χ4v) is 2.83. The van der Waals surface area contributed by atoms with Gasteiger partial charge >= 0.3 is 0 Å². The van der Waals surface area contributed by atoms with Crippen molar-refractivity contribution in [1.82, 2.24) is 0 Å². The van der Waals surface area contributed by atoms with Crippen molar-refractivity contribution in [3.05, 3.63) is 0 Å². The fourth-order valence-electron chi connectivity index (χ4n) is 2.83. The Morgan fingerprint density at radius 1 is 0.889 bits per heavy atom. The van der Waals surface area contributed by atoms with E-state index in [2.05, 4.69) is 20.8 Å². The van der Waals surface area contributed by atoms with Crippen LogP contribution in [0, 0.1) is 11.8 Å². The molecule has 0 aliphatic carbocycles. The topological polar surface area (TPSA) is 17.1 Å². The van der Waals surface area contributed by atoms with Crippen LogP contribution in [0.2, 0.25) is 0 Å². The van der Waals surface area contributed by atoms with Crippen LogP contribution >= 0.6 is 0 Å². The Labute approximate surface area is 115 Å². The lowest BCUT2D eigenvalue weighted by atomic mass is 9.90. The second-order valence-corrected chi connectivity index (χ2v) is 6.26. The van der Waals surface area contributed by atoms with Gasteiger partial charge in [-0.2, -0.15) is 0 Å². The average Bonchev–Trinajstić information content (AvgIpc) is 2.26. The minimum atomic E-state index is 0.339. The number of ketones is 1. The van der Waals surface area contributed by atoms with Gasteiger partial charge in [-0.15, -0.1) is 0 Å². The summed E-state index contributed by atoms with van der Waals surface area (Å²) in [6, 6.07) is 0. The molecule has 0 heterocycles. The average molecular weight is 254 g/mol. The van der Waals surface area contributed by atoms with Crippen molar-refractivity contribution in [2.24, 2.45) is 11.8 Å². The molecular weight excluding hydrogens is 220 g/mol. The van der Waals surface area contributed by atoms with Crippen molar-refractivity contribution in [2.45, 2.75) is 91.9 Å². The molecule has 108 valence electrons. The summed E-state index contributed by atoms with van der Waals surface area (Å²) in [6.07, 6.45) is 13.1. The third-order valence-corrected chi connectivity index (χ3v) is 3.74. The molecule has 1 nitrogen and oxygen atoms in total. The Morgan fingerprint density at radius 2 is 1.44 bits per heavy atom. The van der Waals surface area contributed by atoms with Crippen molar-refractivity contribution in [3.8, 4) is 0 Å². The quantitative estimate of drug-likeness (QED) is 0.404. The highest BCUT2D eigenvalue weighted by atomic mass is 16.1. The smallest absolute Gasteiger partial charge is 0.130 e. The number of Topliss-reactive ketones (excluding diaryl/α,β-unsaturated/α-hetero) is 1. The van der Waals surface area contributed by atoms with Crippen LogP contribution in [0.1, 0.15) is 91.9 Å². The number of hydrogen-bond donors (Lipinski definition) is 0. The molecule has 0 rings (SSSR count). The lowest BCUT2D eigenvalue weighted by Gasteiger charge is -2.16. The van der Waals surface area contributed by atoms with Crippen LogP contribution in [0.5, 0.6) is 0 Å². The number of hydrogen-bond acceptors (Lipinski definition) is 1. The molecule has 0 aromatic carbocycles. The largest absolute Gasteiger partial charge is 0.300 e. The molecule has 0 amide bonds. The first kappa shape index (κ1) is 17.7. The molecule has 0 aromatic heterocycles. The first-order chi connectivity index (χ1) is 8.56. The second-order valence-electron chi connectivity index (χ2n) is 6.26. The van der Waals surface area contributed by atoms with Gasteiger partial charge in [0, 0.05) is 6.42 Å². The van der Waals surface area contributed by atoms with E-state index in [9.17, 15) is 4.79 Å². The van der Waals surface area contributed by atoms with Crippen LogP contribution in [-0.4, -0.2) is 5.78 Å². The number of unbranched alkanes of at least 4 members (excludes halogenated alkanes) is 6. The third kappa shape index (κ3) is 12.1. The first-order valence-corrected chi connectivity index (χ1v) is 8.05. The highest BCUT2D eigenvalue weighted by Crippen LogP contribution is 2.21. The first-order valence-electron chi connectivity index (χ1n) is 8.05. The summed E-state index contributed by atoms with van der Waals surface area (Å²) < 4.78 is 0. The van der Waals surface area contributed by atoms with E-state index >= 15 is 0 Å². The minimum absolute atomic E-state index is 0.339. The predicted molar refractivity (Wildman–Crippen MR) is 80.9 cm³/mol. The Balaban J connectivity index is 3.36. The molecule has 0 saturated carbocycles. The maximum absolute atomic E-state index is 11.0. The van der Waals surface area contributed by atoms with E-state index in [0.717, 1.165) is 12.3 Å². The lowest BCUT2D eigenvalue weighted by molar-refractivity contribution is -0.117. The Kier molecular flexibility index (Phi) is 11.5. The second kappa shape index (κ2) is 11.7. The molecule has 0 fully saturated rings. The van der Waals surface area contributed by atoms with Gasteiger partial charge in [-0.05, 0) is 25.2 Å². The van der Waals surface area contributed by atoms with E-state index in [1.54, 1.807) is 6.92 Å². The molecular formula is C17H34O. The normalized spacial score (nSPS) is 14.4.